The number of fused-ring (bicyclic) bond motifs is 1. The van der Waals surface area contributed by atoms with Gasteiger partial charge in [-0.1, -0.05) is 18.2 Å². The molecule has 0 unspecified atom stereocenters. The van der Waals surface area contributed by atoms with Crippen molar-refractivity contribution in [1.29, 1.82) is 0 Å². The highest BCUT2D eigenvalue weighted by atomic mass is 16.5. The second-order valence-corrected chi connectivity index (χ2v) is 6.56. The lowest BCUT2D eigenvalue weighted by atomic mass is 10.1. The first-order chi connectivity index (χ1) is 11.9. The summed E-state index contributed by atoms with van der Waals surface area (Å²) in [4.78, 5) is 11.7. The lowest BCUT2D eigenvalue weighted by molar-refractivity contribution is -0.114. The van der Waals surface area contributed by atoms with Crippen LogP contribution >= 0.6 is 0 Å². The molecule has 1 aromatic carbocycles. The van der Waals surface area contributed by atoms with Crippen molar-refractivity contribution in [3.05, 3.63) is 41.7 Å². The fourth-order valence-electron chi connectivity index (χ4n) is 3.04. The molecule has 3 rings (SSSR count). The van der Waals surface area contributed by atoms with E-state index in [2.05, 4.69) is 24.3 Å². The van der Waals surface area contributed by atoms with E-state index in [0.29, 0.717) is 24.2 Å². The number of aryl methyl sites for hydroxylation is 2. The molecule has 132 valence electrons. The van der Waals surface area contributed by atoms with Crippen molar-refractivity contribution in [3.8, 4) is 5.88 Å². The summed E-state index contributed by atoms with van der Waals surface area (Å²) >= 11 is 0. The summed E-state index contributed by atoms with van der Waals surface area (Å²) in [5, 5.41) is 8.40. The van der Waals surface area contributed by atoms with Gasteiger partial charge in [-0.2, -0.15) is 5.10 Å². The number of para-hydroxylation sites is 1. The van der Waals surface area contributed by atoms with Gasteiger partial charge in [-0.3, -0.25) is 9.48 Å². The number of hydrogen-bond donors (Lipinski definition) is 1. The van der Waals surface area contributed by atoms with E-state index in [9.17, 15) is 4.79 Å². The molecule has 0 aliphatic rings. The lowest BCUT2D eigenvalue weighted by Gasteiger charge is -2.10. The van der Waals surface area contributed by atoms with Crippen molar-refractivity contribution in [1.82, 2.24) is 14.3 Å². The van der Waals surface area contributed by atoms with E-state index in [4.69, 9.17) is 4.74 Å². The number of nitrogens with zero attached hydrogens (tertiary/aromatic N) is 3. The Hall–Kier alpha value is -2.76. The molecule has 2 heterocycles. The monoisotopic (exact) mass is 340 g/mol. The van der Waals surface area contributed by atoms with Crippen LogP contribution in [0.4, 0.5) is 5.69 Å². The maximum absolute atomic E-state index is 11.7. The number of anilines is 1. The number of rotatable bonds is 5. The molecule has 0 spiro atoms. The molecule has 0 fully saturated rings. The van der Waals surface area contributed by atoms with Crippen molar-refractivity contribution in [2.45, 2.75) is 40.3 Å². The van der Waals surface area contributed by atoms with Crippen LogP contribution in [0.2, 0.25) is 0 Å². The Balaban J connectivity index is 1.97. The van der Waals surface area contributed by atoms with E-state index in [1.807, 2.05) is 53.7 Å². The quantitative estimate of drug-likeness (QED) is 0.768. The molecule has 6 nitrogen and oxygen atoms in total. The van der Waals surface area contributed by atoms with Crippen molar-refractivity contribution in [2.75, 3.05) is 5.32 Å². The minimum absolute atomic E-state index is 0.122. The number of amides is 1. The van der Waals surface area contributed by atoms with Crippen LogP contribution in [-0.2, 0) is 18.4 Å². The van der Waals surface area contributed by atoms with Crippen LogP contribution in [0.15, 0.2) is 30.5 Å². The number of carbonyl (C=O) groups excluding carboxylic acids is 1. The molecule has 0 bridgehead atoms. The van der Waals surface area contributed by atoms with Crippen molar-refractivity contribution < 1.29 is 9.53 Å². The first-order valence-electron chi connectivity index (χ1n) is 8.41. The lowest BCUT2D eigenvalue weighted by Crippen LogP contribution is -2.09. The first kappa shape index (κ1) is 17.1. The first-order valence-corrected chi connectivity index (χ1v) is 8.41. The zero-order chi connectivity index (χ0) is 18.1. The maximum Gasteiger partial charge on any atom is 0.221 e. The second-order valence-electron chi connectivity index (χ2n) is 6.56. The number of benzene rings is 1. The smallest absolute Gasteiger partial charge is 0.221 e. The average Bonchev–Trinajstić information content (AvgIpc) is 3.11. The van der Waals surface area contributed by atoms with Gasteiger partial charge in [0.15, 0.2) is 0 Å². The van der Waals surface area contributed by atoms with Crippen molar-refractivity contribution >= 4 is 22.5 Å². The summed E-state index contributed by atoms with van der Waals surface area (Å²) in [6, 6.07) is 8.29. The third kappa shape index (κ3) is 3.24. The zero-order valence-corrected chi connectivity index (χ0v) is 15.3. The molecular weight excluding hydrogens is 316 g/mol. The number of nitrogens with one attached hydrogen (secondary N) is 1. The van der Waals surface area contributed by atoms with Crippen LogP contribution in [0.3, 0.4) is 0 Å². The SMILES string of the molecule is CC(=O)Nc1c(OCc2ccn(C(C)C)n2)n(C)c2c(C)cccc12. The molecule has 1 N–H and O–H groups in total. The molecule has 0 saturated heterocycles. The van der Waals surface area contributed by atoms with Gasteiger partial charge in [0, 0.05) is 31.6 Å². The highest BCUT2D eigenvalue weighted by molar-refractivity contribution is 6.05. The maximum atomic E-state index is 11.7. The fraction of sp³-hybridized carbons (Fsp3) is 0.368. The molecule has 1 amide bonds. The van der Waals surface area contributed by atoms with Crippen molar-refractivity contribution in [3.63, 3.8) is 0 Å². The summed E-state index contributed by atoms with van der Waals surface area (Å²) in [6.45, 7) is 8.06. The van der Waals surface area contributed by atoms with Crippen molar-refractivity contribution in [2.24, 2.45) is 7.05 Å². The molecule has 0 saturated carbocycles. The molecule has 3 aromatic rings. The Bertz CT molecular complexity index is 921. The molecule has 0 aliphatic heterocycles. The summed E-state index contributed by atoms with van der Waals surface area (Å²) in [5.74, 6) is 0.515. The van der Waals surface area contributed by atoms with Crippen LogP contribution < -0.4 is 10.1 Å². The normalized spacial score (nSPS) is 11.3. The standard InChI is InChI=1S/C19H24N4O2/c1-12(2)23-10-9-15(21-23)11-25-19-17(20-14(4)24)16-8-6-7-13(3)18(16)22(19)5/h6-10,12H,11H2,1-5H3,(H,20,24). The van der Waals surface area contributed by atoms with Crippen LogP contribution in [0.1, 0.15) is 38.1 Å². The third-order valence-electron chi connectivity index (χ3n) is 4.21. The van der Waals surface area contributed by atoms with Crippen LogP contribution in [0, 0.1) is 6.92 Å². The highest BCUT2D eigenvalue weighted by Gasteiger charge is 2.19. The van der Waals surface area contributed by atoms with E-state index in [0.717, 1.165) is 22.2 Å². The minimum atomic E-state index is -0.122. The minimum Gasteiger partial charge on any atom is -0.471 e. The topological polar surface area (TPSA) is 61.1 Å². The molecule has 0 radical (unpaired) electrons. The van der Waals surface area contributed by atoms with E-state index < -0.39 is 0 Å². The predicted octanol–water partition coefficient (Wildman–Crippen LogP) is 3.80. The second kappa shape index (κ2) is 6.63. The Morgan fingerprint density at radius 2 is 2.08 bits per heavy atom. The van der Waals surface area contributed by atoms with E-state index in [1.54, 1.807) is 0 Å². The Morgan fingerprint density at radius 1 is 1.32 bits per heavy atom. The Labute approximate surface area is 147 Å². The van der Waals surface area contributed by atoms with E-state index in [1.165, 1.54) is 6.92 Å². The van der Waals surface area contributed by atoms with Crippen LogP contribution in [0.25, 0.3) is 10.9 Å². The van der Waals surface area contributed by atoms with E-state index >= 15 is 0 Å². The Kier molecular flexibility index (Phi) is 4.53. The van der Waals surface area contributed by atoms with Gasteiger partial charge in [0.2, 0.25) is 11.8 Å². The molecule has 0 aliphatic carbocycles. The number of aromatic nitrogens is 3. The van der Waals surface area contributed by atoms with Gasteiger partial charge in [-0.05, 0) is 32.4 Å². The molecule has 25 heavy (non-hydrogen) atoms. The van der Waals surface area contributed by atoms with Crippen LogP contribution in [0.5, 0.6) is 5.88 Å². The van der Waals surface area contributed by atoms with Gasteiger partial charge in [0.25, 0.3) is 0 Å². The summed E-state index contributed by atoms with van der Waals surface area (Å²) < 4.78 is 9.94. The van der Waals surface area contributed by atoms with Crippen LogP contribution in [-0.4, -0.2) is 20.3 Å². The highest BCUT2D eigenvalue weighted by Crippen LogP contribution is 2.38. The molecule has 6 heteroatoms. The zero-order valence-electron chi connectivity index (χ0n) is 15.3. The van der Waals surface area contributed by atoms with Gasteiger partial charge < -0.3 is 14.6 Å². The largest absolute Gasteiger partial charge is 0.471 e. The summed E-state index contributed by atoms with van der Waals surface area (Å²) in [6.07, 6.45) is 1.95. The summed E-state index contributed by atoms with van der Waals surface area (Å²) in [5.41, 5.74) is 3.74. The number of carbonyl (C=O) groups is 1. The van der Waals surface area contributed by atoms with E-state index in [-0.39, 0.29) is 5.91 Å². The third-order valence-corrected chi connectivity index (χ3v) is 4.21. The fourth-order valence-corrected chi connectivity index (χ4v) is 3.04. The summed E-state index contributed by atoms with van der Waals surface area (Å²) in [7, 11) is 1.95. The Morgan fingerprint density at radius 3 is 2.72 bits per heavy atom. The van der Waals surface area contributed by atoms with Gasteiger partial charge in [-0.15, -0.1) is 0 Å². The van der Waals surface area contributed by atoms with Gasteiger partial charge >= 0.3 is 0 Å². The predicted molar refractivity (Wildman–Crippen MR) is 98.9 cm³/mol. The van der Waals surface area contributed by atoms with Gasteiger partial charge in [-0.25, -0.2) is 0 Å². The number of ether oxygens (including phenoxy) is 1. The number of hydrogen-bond acceptors (Lipinski definition) is 3. The molecular formula is C19H24N4O2. The molecule has 0 atom stereocenters. The molecule has 2 aromatic heterocycles. The average molecular weight is 340 g/mol. The van der Waals surface area contributed by atoms with Gasteiger partial charge in [0.05, 0.1) is 11.2 Å². The van der Waals surface area contributed by atoms with Gasteiger partial charge in [0.1, 0.15) is 12.3 Å².